The summed E-state index contributed by atoms with van der Waals surface area (Å²) in [7, 11) is 0. The Labute approximate surface area is 58.5 Å². The molecule has 0 radical (unpaired) electrons. The number of nitrogens with one attached hydrogen (secondary N) is 1. The van der Waals surface area contributed by atoms with Crippen LogP contribution in [0.4, 0.5) is 0 Å². The smallest absolute Gasteiger partial charge is 0.198 e. The van der Waals surface area contributed by atoms with Gasteiger partial charge in [-0.2, -0.15) is 0 Å². The van der Waals surface area contributed by atoms with Crippen molar-refractivity contribution in [1.82, 2.24) is 0 Å². The van der Waals surface area contributed by atoms with E-state index in [1.807, 2.05) is 13.8 Å². The van der Waals surface area contributed by atoms with Crippen LogP contribution in [0.1, 0.15) is 13.8 Å². The first kappa shape index (κ1) is 6.81. The minimum Gasteiger partial charge on any atom is -0.298 e. The lowest BCUT2D eigenvalue weighted by atomic mass is 9.99. The molecule has 1 saturated heterocycles. The van der Waals surface area contributed by atoms with Gasteiger partial charge in [-0.25, -0.2) is 0 Å². The van der Waals surface area contributed by atoms with Gasteiger partial charge in [0.25, 0.3) is 0 Å². The molecule has 0 saturated carbocycles. The van der Waals surface area contributed by atoms with E-state index in [4.69, 9.17) is 5.41 Å². The van der Waals surface area contributed by atoms with Gasteiger partial charge in [0.1, 0.15) is 0 Å². The Bertz CT molecular complexity index is 148. The van der Waals surface area contributed by atoms with Crippen LogP contribution in [0.2, 0.25) is 0 Å². The van der Waals surface area contributed by atoms with Crippen LogP contribution in [0.25, 0.3) is 0 Å². The van der Waals surface area contributed by atoms with Crippen LogP contribution in [-0.4, -0.2) is 10.2 Å². The second-order valence-corrected chi connectivity index (χ2v) is 3.41. The van der Waals surface area contributed by atoms with Crippen molar-refractivity contribution in [2.75, 3.05) is 0 Å². The normalized spacial score (nSPS) is 35.8. The van der Waals surface area contributed by atoms with E-state index < -0.39 is 0 Å². The monoisotopic (exact) mass is 143 g/mol. The van der Waals surface area contributed by atoms with Gasteiger partial charge in [-0.05, 0) is 11.8 Å². The standard InChI is InChI=1S/C6H9NOS/c1-3-4(2)6(8)9-5(3)7/h3-4,7H,1-2H3. The minimum atomic E-state index is 0.0579. The third-order valence-electron chi connectivity index (χ3n) is 1.75. The summed E-state index contributed by atoms with van der Waals surface area (Å²) >= 11 is 1.08. The number of carbonyl (C=O) groups is 1. The Morgan fingerprint density at radius 2 is 2.00 bits per heavy atom. The van der Waals surface area contributed by atoms with Gasteiger partial charge < -0.3 is 0 Å². The number of rotatable bonds is 0. The van der Waals surface area contributed by atoms with Crippen molar-refractivity contribution in [3.8, 4) is 0 Å². The molecule has 1 heterocycles. The molecule has 2 unspecified atom stereocenters. The molecule has 0 amide bonds. The van der Waals surface area contributed by atoms with Crippen LogP contribution in [-0.2, 0) is 4.79 Å². The van der Waals surface area contributed by atoms with Crippen molar-refractivity contribution in [2.24, 2.45) is 11.8 Å². The second-order valence-electron chi connectivity index (χ2n) is 2.36. The Morgan fingerprint density at radius 3 is 2.11 bits per heavy atom. The molecule has 1 N–H and O–H groups in total. The van der Waals surface area contributed by atoms with Crippen molar-refractivity contribution in [1.29, 1.82) is 5.41 Å². The molecule has 3 heteroatoms. The van der Waals surface area contributed by atoms with Gasteiger partial charge in [-0.1, -0.05) is 13.8 Å². The molecule has 1 aliphatic rings. The lowest BCUT2D eigenvalue weighted by molar-refractivity contribution is -0.114. The average molecular weight is 143 g/mol. The molecule has 0 spiro atoms. The highest BCUT2D eigenvalue weighted by Gasteiger charge is 2.33. The first-order chi connectivity index (χ1) is 4.13. The number of thioether (sulfide) groups is 1. The summed E-state index contributed by atoms with van der Waals surface area (Å²) in [6.07, 6.45) is 0. The van der Waals surface area contributed by atoms with E-state index in [1.165, 1.54) is 0 Å². The second kappa shape index (κ2) is 2.14. The Balaban J connectivity index is 2.77. The van der Waals surface area contributed by atoms with Crippen LogP contribution in [0.15, 0.2) is 0 Å². The third-order valence-corrected chi connectivity index (χ3v) is 2.91. The van der Waals surface area contributed by atoms with E-state index in [-0.39, 0.29) is 17.0 Å². The van der Waals surface area contributed by atoms with Crippen LogP contribution >= 0.6 is 11.8 Å². The fraction of sp³-hybridized carbons (Fsp3) is 0.667. The topological polar surface area (TPSA) is 40.9 Å². The maximum Gasteiger partial charge on any atom is 0.198 e. The fourth-order valence-corrected chi connectivity index (χ4v) is 1.72. The summed E-state index contributed by atoms with van der Waals surface area (Å²) in [6.45, 7) is 3.80. The van der Waals surface area contributed by atoms with Crippen molar-refractivity contribution in [3.05, 3.63) is 0 Å². The van der Waals surface area contributed by atoms with Crippen molar-refractivity contribution in [3.63, 3.8) is 0 Å². The predicted octanol–water partition coefficient (Wildman–Crippen LogP) is 1.51. The number of hydrogen-bond donors (Lipinski definition) is 1. The summed E-state index contributed by atoms with van der Waals surface area (Å²) < 4.78 is 0. The van der Waals surface area contributed by atoms with E-state index in [0.29, 0.717) is 5.04 Å². The van der Waals surface area contributed by atoms with Crippen LogP contribution in [0.3, 0.4) is 0 Å². The highest BCUT2D eigenvalue weighted by molar-refractivity contribution is 8.26. The zero-order valence-corrected chi connectivity index (χ0v) is 6.29. The lowest BCUT2D eigenvalue weighted by Gasteiger charge is -2.02. The molecule has 0 aromatic carbocycles. The molecule has 0 bridgehead atoms. The van der Waals surface area contributed by atoms with Gasteiger partial charge in [-0.15, -0.1) is 0 Å². The third kappa shape index (κ3) is 1.01. The molecule has 0 aromatic heterocycles. The first-order valence-electron chi connectivity index (χ1n) is 2.93. The summed E-state index contributed by atoms with van der Waals surface area (Å²) in [5.41, 5.74) is 0. The highest BCUT2D eigenvalue weighted by atomic mass is 32.2. The predicted molar refractivity (Wildman–Crippen MR) is 38.7 cm³/mol. The Kier molecular flexibility index (Phi) is 1.62. The molecule has 9 heavy (non-hydrogen) atoms. The van der Waals surface area contributed by atoms with Gasteiger partial charge in [0, 0.05) is 11.8 Å². The zero-order valence-electron chi connectivity index (χ0n) is 5.47. The van der Waals surface area contributed by atoms with E-state index in [1.54, 1.807) is 0 Å². The average Bonchev–Trinajstić information content (AvgIpc) is 1.98. The molecule has 0 aliphatic carbocycles. The molecule has 50 valence electrons. The van der Waals surface area contributed by atoms with Gasteiger partial charge in [0.2, 0.25) is 0 Å². The van der Waals surface area contributed by atoms with Crippen molar-refractivity contribution >= 4 is 21.9 Å². The fourth-order valence-electron chi connectivity index (χ4n) is 0.725. The van der Waals surface area contributed by atoms with Gasteiger partial charge >= 0.3 is 0 Å². The van der Waals surface area contributed by atoms with Crippen LogP contribution in [0.5, 0.6) is 0 Å². The number of carbonyl (C=O) groups excluding carboxylic acids is 1. The van der Waals surface area contributed by atoms with Gasteiger partial charge in [0.15, 0.2) is 5.12 Å². The number of hydrogen-bond acceptors (Lipinski definition) is 3. The minimum absolute atomic E-state index is 0.0579. The van der Waals surface area contributed by atoms with E-state index in [0.717, 1.165) is 11.8 Å². The Hall–Kier alpha value is -0.310. The van der Waals surface area contributed by atoms with Crippen LogP contribution < -0.4 is 0 Å². The van der Waals surface area contributed by atoms with Gasteiger partial charge in [0.05, 0.1) is 5.04 Å². The lowest BCUT2D eigenvalue weighted by Crippen LogP contribution is -2.09. The SMILES string of the molecule is CC1C(=N)SC(=O)C1C. The van der Waals surface area contributed by atoms with Gasteiger partial charge in [-0.3, -0.25) is 10.2 Å². The van der Waals surface area contributed by atoms with E-state index >= 15 is 0 Å². The molecule has 2 nitrogen and oxygen atoms in total. The first-order valence-corrected chi connectivity index (χ1v) is 3.74. The molecule has 1 fully saturated rings. The molecule has 1 aliphatic heterocycles. The quantitative estimate of drug-likeness (QED) is 0.558. The Morgan fingerprint density at radius 1 is 1.44 bits per heavy atom. The summed E-state index contributed by atoms with van der Waals surface area (Å²) in [6, 6.07) is 0. The molecule has 0 aromatic rings. The molecule has 1 rings (SSSR count). The maximum absolute atomic E-state index is 10.8. The van der Waals surface area contributed by atoms with Crippen molar-refractivity contribution in [2.45, 2.75) is 13.8 Å². The zero-order chi connectivity index (χ0) is 7.02. The molecule has 2 atom stereocenters. The van der Waals surface area contributed by atoms with Crippen LogP contribution in [0, 0.1) is 17.2 Å². The summed E-state index contributed by atoms with van der Waals surface area (Å²) in [4.78, 5) is 10.8. The largest absolute Gasteiger partial charge is 0.298 e. The molecular weight excluding hydrogens is 134 g/mol. The summed E-state index contributed by atoms with van der Waals surface area (Å²) in [5, 5.41) is 7.92. The van der Waals surface area contributed by atoms with E-state index in [2.05, 4.69) is 0 Å². The maximum atomic E-state index is 10.8. The molecular formula is C6H9NOS. The van der Waals surface area contributed by atoms with E-state index in [9.17, 15) is 4.79 Å². The highest BCUT2D eigenvalue weighted by Crippen LogP contribution is 2.32. The summed E-state index contributed by atoms with van der Waals surface area (Å²) in [5.74, 6) is 0.213. The van der Waals surface area contributed by atoms with Crippen molar-refractivity contribution < 1.29 is 4.79 Å².